The van der Waals surface area contributed by atoms with Gasteiger partial charge in [0.2, 0.25) is 5.95 Å². The van der Waals surface area contributed by atoms with Crippen LogP contribution in [0.1, 0.15) is 42.1 Å². The van der Waals surface area contributed by atoms with Crippen molar-refractivity contribution in [1.29, 1.82) is 0 Å². The molecule has 0 amide bonds. The molecule has 0 spiro atoms. The van der Waals surface area contributed by atoms with Crippen molar-refractivity contribution in [3.63, 3.8) is 0 Å². The highest BCUT2D eigenvalue weighted by Gasteiger charge is 2.23. The Kier molecular flexibility index (Phi) is 4.42. The van der Waals surface area contributed by atoms with Gasteiger partial charge < -0.3 is 10.0 Å². The minimum Gasteiger partial charge on any atom is -0.380 e. The van der Waals surface area contributed by atoms with Crippen molar-refractivity contribution in [2.24, 2.45) is 7.05 Å². The lowest BCUT2D eigenvalue weighted by Gasteiger charge is -2.19. The summed E-state index contributed by atoms with van der Waals surface area (Å²) in [4.78, 5) is 11.2. The Balaban J connectivity index is 1.58. The number of aromatic nitrogens is 6. The van der Waals surface area contributed by atoms with Gasteiger partial charge in [0.25, 0.3) is 0 Å². The van der Waals surface area contributed by atoms with E-state index in [1.807, 2.05) is 36.3 Å². The maximum Gasteiger partial charge on any atom is 0.225 e. The van der Waals surface area contributed by atoms with Crippen molar-refractivity contribution < 1.29 is 5.11 Å². The van der Waals surface area contributed by atoms with Gasteiger partial charge in [0, 0.05) is 38.7 Å². The molecule has 0 radical (unpaired) electrons. The van der Waals surface area contributed by atoms with Crippen LogP contribution in [0, 0.1) is 0 Å². The number of aryl methyl sites for hydroxylation is 3. The zero-order valence-electron chi connectivity index (χ0n) is 15.1. The summed E-state index contributed by atoms with van der Waals surface area (Å²) in [5.74, 6) is 0.741. The Morgan fingerprint density at radius 1 is 1.23 bits per heavy atom. The third-order valence-electron chi connectivity index (χ3n) is 4.83. The van der Waals surface area contributed by atoms with E-state index in [9.17, 15) is 5.11 Å². The minimum absolute atomic E-state index is 0.646. The van der Waals surface area contributed by atoms with Gasteiger partial charge in [-0.2, -0.15) is 10.2 Å². The number of aliphatic hydroxyl groups is 1. The first-order chi connectivity index (χ1) is 12.7. The van der Waals surface area contributed by atoms with E-state index in [1.54, 1.807) is 10.9 Å². The van der Waals surface area contributed by atoms with Gasteiger partial charge in [-0.25, -0.2) is 9.97 Å². The Bertz CT molecular complexity index is 883. The normalized spacial score (nSPS) is 15.6. The number of hydrogen-bond acceptors (Lipinski definition) is 6. The summed E-state index contributed by atoms with van der Waals surface area (Å²) < 4.78 is 3.65. The number of rotatable bonds is 4. The molecule has 136 valence electrons. The maximum atomic E-state index is 10.6. The van der Waals surface area contributed by atoms with Crippen LogP contribution in [0.2, 0.25) is 0 Å². The fraction of sp³-hybridized carbons (Fsp3) is 0.444. The summed E-state index contributed by atoms with van der Waals surface area (Å²) in [5, 5.41) is 19.4. The first-order valence-corrected chi connectivity index (χ1v) is 8.94. The summed E-state index contributed by atoms with van der Waals surface area (Å²) in [7, 11) is 1.82. The van der Waals surface area contributed by atoms with Crippen LogP contribution in [0.25, 0.3) is 0 Å². The smallest absolute Gasteiger partial charge is 0.225 e. The van der Waals surface area contributed by atoms with Crippen molar-refractivity contribution in [2.75, 3.05) is 11.4 Å². The lowest BCUT2D eigenvalue weighted by atomic mass is 10.2. The van der Waals surface area contributed by atoms with E-state index in [-0.39, 0.29) is 0 Å². The molecule has 1 aliphatic heterocycles. The monoisotopic (exact) mass is 353 g/mol. The average molecular weight is 353 g/mol. The van der Waals surface area contributed by atoms with E-state index in [2.05, 4.69) is 32.0 Å². The van der Waals surface area contributed by atoms with Gasteiger partial charge >= 0.3 is 0 Å². The van der Waals surface area contributed by atoms with E-state index in [0.29, 0.717) is 12.2 Å². The maximum absolute atomic E-state index is 10.6. The summed E-state index contributed by atoms with van der Waals surface area (Å²) in [6.45, 7) is 4.47. The Morgan fingerprint density at radius 3 is 2.73 bits per heavy atom. The molecular weight excluding hydrogens is 330 g/mol. The molecule has 4 heterocycles. The van der Waals surface area contributed by atoms with Crippen LogP contribution in [-0.2, 0) is 26.6 Å². The Labute approximate surface area is 152 Å². The third kappa shape index (κ3) is 3.08. The third-order valence-corrected chi connectivity index (χ3v) is 4.83. The predicted octanol–water partition coefficient (Wildman–Crippen LogP) is 1.46. The van der Waals surface area contributed by atoms with Crippen LogP contribution < -0.4 is 4.90 Å². The van der Waals surface area contributed by atoms with Crippen molar-refractivity contribution in [2.45, 2.75) is 39.0 Å². The molecule has 3 aromatic rings. The summed E-state index contributed by atoms with van der Waals surface area (Å²) in [6, 6.07) is 3.78. The second-order valence-corrected chi connectivity index (χ2v) is 6.59. The molecule has 3 aromatic heterocycles. The second kappa shape index (κ2) is 6.87. The molecule has 0 saturated carbocycles. The fourth-order valence-electron chi connectivity index (χ4n) is 3.29. The van der Waals surface area contributed by atoms with E-state index in [0.717, 1.165) is 48.8 Å². The van der Waals surface area contributed by atoms with E-state index in [4.69, 9.17) is 0 Å². The molecule has 0 aliphatic carbocycles. The van der Waals surface area contributed by atoms with Crippen LogP contribution in [-0.4, -0.2) is 41.2 Å². The lowest BCUT2D eigenvalue weighted by Crippen LogP contribution is -2.24. The molecule has 0 bridgehead atoms. The second-order valence-electron chi connectivity index (χ2n) is 6.59. The number of fused-ring (bicyclic) bond motifs is 1. The number of anilines is 1. The van der Waals surface area contributed by atoms with Gasteiger partial charge in [-0.15, -0.1) is 0 Å². The average Bonchev–Trinajstić information content (AvgIpc) is 3.22. The molecule has 26 heavy (non-hydrogen) atoms. The molecule has 8 heteroatoms. The highest BCUT2D eigenvalue weighted by atomic mass is 16.3. The van der Waals surface area contributed by atoms with Gasteiger partial charge in [0.05, 0.1) is 23.6 Å². The first kappa shape index (κ1) is 16.7. The summed E-state index contributed by atoms with van der Waals surface area (Å²) in [6.07, 6.45) is 6.57. The molecule has 4 rings (SSSR count). The van der Waals surface area contributed by atoms with Crippen LogP contribution in [0.4, 0.5) is 5.95 Å². The largest absolute Gasteiger partial charge is 0.380 e. The first-order valence-electron chi connectivity index (χ1n) is 8.94. The van der Waals surface area contributed by atoms with Gasteiger partial charge in [0.15, 0.2) is 0 Å². The van der Waals surface area contributed by atoms with Gasteiger partial charge in [0.1, 0.15) is 6.10 Å². The van der Waals surface area contributed by atoms with Crippen molar-refractivity contribution in [3.8, 4) is 0 Å². The van der Waals surface area contributed by atoms with Crippen molar-refractivity contribution in [1.82, 2.24) is 29.5 Å². The highest BCUT2D eigenvalue weighted by Crippen LogP contribution is 2.24. The van der Waals surface area contributed by atoms with Crippen LogP contribution in [0.15, 0.2) is 30.7 Å². The molecule has 1 atom stereocenters. The van der Waals surface area contributed by atoms with E-state index < -0.39 is 6.10 Å². The predicted molar refractivity (Wildman–Crippen MR) is 96.6 cm³/mol. The zero-order chi connectivity index (χ0) is 18.1. The lowest BCUT2D eigenvalue weighted by molar-refractivity contribution is 0.203. The fourth-order valence-corrected chi connectivity index (χ4v) is 3.29. The molecule has 0 saturated heterocycles. The molecule has 1 N–H and O–H groups in total. The summed E-state index contributed by atoms with van der Waals surface area (Å²) in [5.41, 5.74) is 3.57. The zero-order valence-corrected chi connectivity index (χ0v) is 15.1. The molecule has 0 aromatic carbocycles. The van der Waals surface area contributed by atoms with Gasteiger partial charge in [-0.05, 0) is 30.5 Å². The van der Waals surface area contributed by atoms with Crippen LogP contribution in [0.5, 0.6) is 0 Å². The summed E-state index contributed by atoms with van der Waals surface area (Å²) >= 11 is 0. The van der Waals surface area contributed by atoms with Gasteiger partial charge in [-0.1, -0.05) is 6.92 Å². The molecular formula is C18H23N7O. The van der Waals surface area contributed by atoms with Gasteiger partial charge in [-0.3, -0.25) is 9.36 Å². The highest BCUT2D eigenvalue weighted by molar-refractivity contribution is 5.33. The molecule has 0 fully saturated rings. The quantitative estimate of drug-likeness (QED) is 0.764. The Morgan fingerprint density at radius 2 is 2.04 bits per heavy atom. The number of hydrogen-bond donors (Lipinski definition) is 1. The number of aliphatic hydroxyl groups excluding tert-OH is 1. The molecule has 1 aliphatic rings. The Hall–Kier alpha value is -2.74. The van der Waals surface area contributed by atoms with Crippen molar-refractivity contribution >= 4 is 5.95 Å². The van der Waals surface area contributed by atoms with E-state index in [1.165, 1.54) is 0 Å². The van der Waals surface area contributed by atoms with Crippen LogP contribution in [0.3, 0.4) is 0 Å². The van der Waals surface area contributed by atoms with Crippen LogP contribution >= 0.6 is 0 Å². The van der Waals surface area contributed by atoms with E-state index >= 15 is 0 Å². The SMILES string of the molecule is CCc1cnc(N2CCCn3nc([C@H](O)c4ccnn4C)cc3C2)nc1. The minimum atomic E-state index is -0.782. The number of nitrogens with zero attached hydrogens (tertiary/aromatic N) is 7. The molecule has 0 unspecified atom stereocenters. The van der Waals surface area contributed by atoms with Crippen molar-refractivity contribution in [3.05, 3.63) is 53.4 Å². The topological polar surface area (TPSA) is 84.9 Å². The standard InChI is InChI=1S/C18H23N7O/c1-3-13-10-19-18(20-11-13)24-7-4-8-25-14(12-24)9-15(22-25)17(26)16-5-6-21-23(16)2/h5-6,9-11,17,26H,3-4,7-8,12H2,1-2H3/t17-/m0/s1. The molecule has 8 nitrogen and oxygen atoms in total.